The van der Waals surface area contributed by atoms with Crippen LogP contribution >= 0.6 is 0 Å². The van der Waals surface area contributed by atoms with Crippen LogP contribution in [0.2, 0.25) is 0 Å². The van der Waals surface area contributed by atoms with Gasteiger partial charge in [-0.3, -0.25) is 4.79 Å². The molecule has 2 N–H and O–H groups in total. The average Bonchev–Trinajstić information content (AvgIpc) is 3.10. The fraction of sp³-hybridized carbons (Fsp3) is 0.462. The summed E-state index contributed by atoms with van der Waals surface area (Å²) in [5.74, 6) is -0.450. The molecule has 0 bridgehead atoms. The van der Waals surface area contributed by atoms with E-state index in [9.17, 15) is 13.2 Å². The molecule has 19 heavy (non-hydrogen) atoms. The third kappa shape index (κ3) is 4.65. The molecule has 5 nitrogen and oxygen atoms in total. The molecule has 0 aliphatic heterocycles. The number of aliphatic carboxylic acids is 1. The van der Waals surface area contributed by atoms with Gasteiger partial charge in [-0.2, -0.15) is 0 Å². The van der Waals surface area contributed by atoms with Crippen LogP contribution in [0, 0.1) is 5.92 Å². The molecule has 0 saturated heterocycles. The number of carbonyl (C=O) groups is 1. The minimum atomic E-state index is -3.26. The average molecular weight is 283 g/mol. The second-order valence-corrected chi connectivity index (χ2v) is 6.74. The summed E-state index contributed by atoms with van der Waals surface area (Å²) in [7, 11) is -3.26. The van der Waals surface area contributed by atoms with Gasteiger partial charge in [0, 0.05) is 6.54 Å². The number of hydrogen-bond donors (Lipinski definition) is 2. The molecule has 0 heterocycles. The van der Waals surface area contributed by atoms with Gasteiger partial charge in [-0.05, 0) is 29.9 Å². The van der Waals surface area contributed by atoms with Crippen molar-refractivity contribution in [3.8, 4) is 0 Å². The molecule has 2 rings (SSSR count). The van der Waals surface area contributed by atoms with E-state index in [-0.39, 0.29) is 18.7 Å². The molecule has 1 aromatic carbocycles. The van der Waals surface area contributed by atoms with Crippen molar-refractivity contribution in [1.29, 1.82) is 0 Å². The quantitative estimate of drug-likeness (QED) is 0.786. The Hall–Kier alpha value is -1.40. The molecule has 0 amide bonds. The highest BCUT2D eigenvalue weighted by molar-refractivity contribution is 7.89. The van der Waals surface area contributed by atoms with Crippen LogP contribution in [-0.2, 0) is 27.8 Å². The fourth-order valence-corrected chi connectivity index (χ4v) is 3.35. The number of rotatable bonds is 7. The zero-order valence-electron chi connectivity index (χ0n) is 10.5. The van der Waals surface area contributed by atoms with Crippen LogP contribution < -0.4 is 4.72 Å². The van der Waals surface area contributed by atoms with Crippen LogP contribution in [0.1, 0.15) is 24.0 Å². The van der Waals surface area contributed by atoms with Gasteiger partial charge >= 0.3 is 5.97 Å². The molecule has 0 spiro atoms. The maximum absolute atomic E-state index is 11.8. The summed E-state index contributed by atoms with van der Waals surface area (Å²) in [6.07, 6.45) is 1.87. The first-order chi connectivity index (χ1) is 8.96. The highest BCUT2D eigenvalue weighted by Gasteiger charge is 2.27. The van der Waals surface area contributed by atoms with Crippen LogP contribution in [0.15, 0.2) is 24.3 Å². The fourth-order valence-electron chi connectivity index (χ4n) is 1.91. The first-order valence-electron chi connectivity index (χ1n) is 6.22. The van der Waals surface area contributed by atoms with Gasteiger partial charge in [-0.1, -0.05) is 24.3 Å². The Labute approximate surface area is 112 Å². The lowest BCUT2D eigenvalue weighted by Crippen LogP contribution is -2.27. The lowest BCUT2D eigenvalue weighted by Gasteiger charge is -2.09. The Morgan fingerprint density at radius 3 is 2.47 bits per heavy atom. The summed E-state index contributed by atoms with van der Waals surface area (Å²) >= 11 is 0. The summed E-state index contributed by atoms with van der Waals surface area (Å²) in [5.41, 5.74) is 1.35. The predicted molar refractivity (Wildman–Crippen MR) is 71.1 cm³/mol. The van der Waals surface area contributed by atoms with Crippen molar-refractivity contribution in [1.82, 2.24) is 4.72 Å². The van der Waals surface area contributed by atoms with E-state index in [1.165, 1.54) is 0 Å². The van der Waals surface area contributed by atoms with Gasteiger partial charge in [0.25, 0.3) is 0 Å². The summed E-state index contributed by atoms with van der Waals surface area (Å²) in [6.45, 7) is 0.151. The third-order valence-corrected chi connectivity index (χ3v) is 4.59. The van der Waals surface area contributed by atoms with Crippen molar-refractivity contribution in [3.05, 3.63) is 35.4 Å². The van der Waals surface area contributed by atoms with Gasteiger partial charge in [0.2, 0.25) is 10.0 Å². The highest BCUT2D eigenvalue weighted by Crippen LogP contribution is 2.30. The maximum atomic E-state index is 11.8. The molecule has 0 unspecified atom stereocenters. The molecule has 0 radical (unpaired) electrons. The molecule has 104 valence electrons. The Morgan fingerprint density at radius 2 is 1.89 bits per heavy atom. The predicted octanol–water partition coefficient (Wildman–Crippen LogP) is 1.14. The van der Waals surface area contributed by atoms with Crippen molar-refractivity contribution in [2.45, 2.75) is 25.8 Å². The van der Waals surface area contributed by atoms with E-state index in [1.54, 1.807) is 24.3 Å². The van der Waals surface area contributed by atoms with Crippen LogP contribution in [0.25, 0.3) is 0 Å². The monoisotopic (exact) mass is 283 g/mol. The highest BCUT2D eigenvalue weighted by atomic mass is 32.2. The van der Waals surface area contributed by atoms with E-state index >= 15 is 0 Å². The number of benzene rings is 1. The lowest BCUT2D eigenvalue weighted by atomic mass is 10.1. The van der Waals surface area contributed by atoms with Crippen molar-refractivity contribution in [2.75, 3.05) is 5.75 Å². The summed E-state index contributed by atoms with van der Waals surface area (Å²) in [4.78, 5) is 10.7. The van der Waals surface area contributed by atoms with Gasteiger partial charge in [-0.15, -0.1) is 0 Å². The summed E-state index contributed by atoms with van der Waals surface area (Å²) in [6, 6.07) is 6.98. The summed E-state index contributed by atoms with van der Waals surface area (Å²) in [5, 5.41) is 8.81. The van der Waals surface area contributed by atoms with Crippen molar-refractivity contribution in [3.63, 3.8) is 0 Å². The number of carboxylic acid groups (broad SMARTS) is 1. The van der Waals surface area contributed by atoms with E-state index in [1.807, 2.05) is 0 Å². The third-order valence-electron chi connectivity index (χ3n) is 3.09. The largest absolute Gasteiger partial charge is 0.481 e. The molecule has 1 aromatic rings. The number of carboxylic acids is 1. The minimum absolute atomic E-state index is 0.0967. The number of sulfonamides is 1. The van der Waals surface area contributed by atoms with Crippen LogP contribution in [-0.4, -0.2) is 25.2 Å². The molecule has 1 aliphatic rings. The molecule has 6 heteroatoms. The topological polar surface area (TPSA) is 83.5 Å². The molecular weight excluding hydrogens is 266 g/mol. The van der Waals surface area contributed by atoms with Gasteiger partial charge in [-0.25, -0.2) is 13.1 Å². The molecular formula is C13H17NO4S. The van der Waals surface area contributed by atoms with Gasteiger partial charge < -0.3 is 5.11 Å². The normalized spacial score (nSPS) is 15.4. The molecule has 1 saturated carbocycles. The Balaban J connectivity index is 2.00. The van der Waals surface area contributed by atoms with Crippen molar-refractivity contribution >= 4 is 16.0 Å². The van der Waals surface area contributed by atoms with Crippen molar-refractivity contribution < 1.29 is 18.3 Å². The van der Waals surface area contributed by atoms with E-state index in [4.69, 9.17) is 5.11 Å². The maximum Gasteiger partial charge on any atom is 0.307 e. The Bertz CT molecular complexity index is 564. The van der Waals surface area contributed by atoms with Crippen LogP contribution in [0.5, 0.6) is 0 Å². The van der Waals surface area contributed by atoms with Gasteiger partial charge in [0.05, 0.1) is 12.2 Å². The SMILES string of the molecule is O=C(O)Cc1ccccc1CNS(=O)(=O)CC1CC1. The minimum Gasteiger partial charge on any atom is -0.481 e. The zero-order valence-corrected chi connectivity index (χ0v) is 11.3. The van der Waals surface area contributed by atoms with E-state index in [0.717, 1.165) is 12.8 Å². The standard InChI is InChI=1S/C13H17NO4S/c15-13(16)7-11-3-1-2-4-12(11)8-14-19(17,18)9-10-5-6-10/h1-4,10,14H,5-9H2,(H,15,16). The molecule has 0 atom stereocenters. The van der Waals surface area contributed by atoms with E-state index < -0.39 is 16.0 Å². The summed E-state index contributed by atoms with van der Waals surface area (Å²) < 4.78 is 26.1. The smallest absolute Gasteiger partial charge is 0.307 e. The van der Waals surface area contributed by atoms with E-state index in [2.05, 4.69) is 4.72 Å². The number of hydrogen-bond acceptors (Lipinski definition) is 3. The second-order valence-electron chi connectivity index (χ2n) is 4.89. The first kappa shape index (κ1) is 14.0. The molecule has 1 aliphatic carbocycles. The Kier molecular flexibility index (Phi) is 4.21. The van der Waals surface area contributed by atoms with Crippen LogP contribution in [0.3, 0.4) is 0 Å². The van der Waals surface area contributed by atoms with Crippen molar-refractivity contribution in [2.24, 2.45) is 5.92 Å². The van der Waals surface area contributed by atoms with E-state index in [0.29, 0.717) is 17.0 Å². The lowest BCUT2D eigenvalue weighted by molar-refractivity contribution is -0.136. The van der Waals surface area contributed by atoms with Crippen LogP contribution in [0.4, 0.5) is 0 Å². The zero-order chi connectivity index (χ0) is 13.9. The molecule has 1 fully saturated rings. The van der Waals surface area contributed by atoms with Gasteiger partial charge in [0.15, 0.2) is 0 Å². The Morgan fingerprint density at radius 1 is 1.26 bits per heavy atom. The number of nitrogens with one attached hydrogen (secondary N) is 1. The second kappa shape index (κ2) is 5.71. The first-order valence-corrected chi connectivity index (χ1v) is 7.87. The van der Waals surface area contributed by atoms with Gasteiger partial charge in [0.1, 0.15) is 0 Å². The molecule has 0 aromatic heterocycles.